The lowest BCUT2D eigenvalue weighted by Gasteiger charge is -1.99. The second kappa shape index (κ2) is 4.79. The van der Waals surface area contributed by atoms with Crippen LogP contribution in [0.25, 0.3) is 10.9 Å². The number of hydrogen-bond donors (Lipinski definition) is 2. The van der Waals surface area contributed by atoms with Gasteiger partial charge in [-0.1, -0.05) is 31.9 Å². The van der Waals surface area contributed by atoms with Gasteiger partial charge >= 0.3 is 0 Å². The fourth-order valence-electron chi connectivity index (χ4n) is 2.65. The van der Waals surface area contributed by atoms with Gasteiger partial charge in [-0.15, -0.1) is 0 Å². The molecule has 1 aromatic heterocycles. The number of aromatic hydroxyl groups is 1. The Bertz CT molecular complexity index is 989. The van der Waals surface area contributed by atoms with Crippen molar-refractivity contribution in [2.24, 2.45) is 4.99 Å². The summed E-state index contributed by atoms with van der Waals surface area (Å²) in [5.74, 6) is -0.231. The molecule has 2 heterocycles. The first-order chi connectivity index (χ1) is 10.5. The largest absolute Gasteiger partial charge is 0.494 e. The molecule has 2 N–H and O–H groups in total. The summed E-state index contributed by atoms with van der Waals surface area (Å²) in [6.07, 6.45) is 0. The molecule has 0 aliphatic carbocycles. The normalized spacial score (nSPS) is 13.5. The number of aromatic amines is 1. The molecule has 0 fully saturated rings. The van der Waals surface area contributed by atoms with Crippen LogP contribution in [-0.4, -0.2) is 21.6 Å². The number of nitrogens with zero attached hydrogens (tertiary/aromatic N) is 1. The van der Waals surface area contributed by atoms with Crippen LogP contribution in [0.3, 0.4) is 0 Å². The minimum Gasteiger partial charge on any atom is -0.494 e. The van der Waals surface area contributed by atoms with Crippen LogP contribution >= 0.6 is 31.9 Å². The van der Waals surface area contributed by atoms with Crippen molar-refractivity contribution in [1.29, 1.82) is 0 Å². The summed E-state index contributed by atoms with van der Waals surface area (Å²) in [4.78, 5) is 19.9. The lowest BCUT2D eigenvalue weighted by Crippen LogP contribution is -2.10. The lowest BCUT2D eigenvalue weighted by atomic mass is 10.0. The number of fused-ring (bicyclic) bond motifs is 2. The molecule has 0 saturated carbocycles. The Morgan fingerprint density at radius 1 is 1.05 bits per heavy atom. The summed E-state index contributed by atoms with van der Waals surface area (Å²) in [5.41, 5.74) is 2.60. The van der Waals surface area contributed by atoms with Crippen LogP contribution in [0.1, 0.15) is 15.9 Å². The summed E-state index contributed by atoms with van der Waals surface area (Å²) >= 11 is 6.79. The van der Waals surface area contributed by atoms with Crippen LogP contribution in [0.4, 0.5) is 5.69 Å². The lowest BCUT2D eigenvalue weighted by molar-refractivity contribution is 0.107. The summed E-state index contributed by atoms with van der Waals surface area (Å²) in [5, 5.41) is 11.0. The van der Waals surface area contributed by atoms with Gasteiger partial charge in [-0.2, -0.15) is 0 Å². The zero-order valence-corrected chi connectivity index (χ0v) is 14.2. The number of ketones is 1. The maximum Gasteiger partial charge on any atom is 0.214 e. The molecule has 2 aromatic carbocycles. The monoisotopic (exact) mass is 418 g/mol. The van der Waals surface area contributed by atoms with Gasteiger partial charge in [-0.3, -0.25) is 4.79 Å². The first-order valence-corrected chi connectivity index (χ1v) is 8.06. The average molecular weight is 420 g/mol. The number of hydrogen-bond acceptors (Lipinski definition) is 3. The zero-order valence-electron chi connectivity index (χ0n) is 11.0. The number of nitrogens with one attached hydrogen (secondary N) is 1. The van der Waals surface area contributed by atoms with Crippen molar-refractivity contribution < 1.29 is 9.90 Å². The predicted molar refractivity (Wildman–Crippen MR) is 92.3 cm³/mol. The third-order valence-corrected chi connectivity index (χ3v) is 4.62. The number of halogens is 2. The minimum absolute atomic E-state index is 0.0490. The maximum absolute atomic E-state index is 12.6. The second-order valence-electron chi connectivity index (χ2n) is 4.99. The Kier molecular flexibility index (Phi) is 2.99. The number of Topliss-reactive ketones (excluding diaryl/α,β-unsaturated/α-hetero) is 1. The highest BCUT2D eigenvalue weighted by molar-refractivity contribution is 9.10. The van der Waals surface area contributed by atoms with Gasteiger partial charge in [-0.25, -0.2) is 4.99 Å². The van der Waals surface area contributed by atoms with E-state index in [1.165, 1.54) is 0 Å². The van der Waals surface area contributed by atoms with Crippen LogP contribution in [0.5, 0.6) is 5.88 Å². The highest BCUT2D eigenvalue weighted by Gasteiger charge is 2.30. The van der Waals surface area contributed by atoms with E-state index in [-0.39, 0.29) is 17.4 Å². The van der Waals surface area contributed by atoms with Crippen LogP contribution in [0, 0.1) is 0 Å². The molecule has 22 heavy (non-hydrogen) atoms. The molecule has 0 spiro atoms. The molecular formula is C16H8Br2N2O2. The molecule has 0 unspecified atom stereocenters. The number of carbonyl (C=O) groups is 1. The topological polar surface area (TPSA) is 65.4 Å². The minimum atomic E-state index is -0.182. The van der Waals surface area contributed by atoms with Crippen LogP contribution < -0.4 is 0 Å². The molecule has 0 atom stereocenters. The fraction of sp³-hybridized carbons (Fsp3) is 0. The Morgan fingerprint density at radius 3 is 2.59 bits per heavy atom. The van der Waals surface area contributed by atoms with E-state index in [0.717, 1.165) is 19.8 Å². The Labute approximate surface area is 142 Å². The zero-order chi connectivity index (χ0) is 15.4. The molecule has 3 aromatic rings. The summed E-state index contributed by atoms with van der Waals surface area (Å²) in [6.45, 7) is 0. The number of H-pyrrole nitrogens is 1. The van der Waals surface area contributed by atoms with Gasteiger partial charge in [0.25, 0.3) is 0 Å². The van der Waals surface area contributed by atoms with Gasteiger partial charge < -0.3 is 10.1 Å². The third kappa shape index (κ3) is 1.94. The van der Waals surface area contributed by atoms with Crippen molar-refractivity contribution in [3.63, 3.8) is 0 Å². The van der Waals surface area contributed by atoms with E-state index >= 15 is 0 Å². The van der Waals surface area contributed by atoms with E-state index in [1.54, 1.807) is 18.2 Å². The quantitative estimate of drug-likeness (QED) is 0.599. The average Bonchev–Trinajstić information content (AvgIpc) is 2.95. The molecule has 108 valence electrons. The fourth-order valence-corrected chi connectivity index (χ4v) is 3.36. The molecule has 6 heteroatoms. The molecule has 1 aliphatic heterocycles. The highest BCUT2D eigenvalue weighted by Crippen LogP contribution is 2.37. The molecule has 0 radical (unpaired) electrons. The van der Waals surface area contributed by atoms with Gasteiger partial charge in [0.15, 0.2) is 5.88 Å². The SMILES string of the molecule is O=C1C(c2c(O)[nH]c3ccc(Br)cc23)=Nc2cc(Br)ccc21. The smallest absolute Gasteiger partial charge is 0.214 e. The van der Waals surface area contributed by atoms with Crippen molar-refractivity contribution >= 4 is 59.9 Å². The second-order valence-corrected chi connectivity index (χ2v) is 6.82. The third-order valence-electron chi connectivity index (χ3n) is 3.63. The molecule has 0 amide bonds. The Hall–Kier alpha value is -1.92. The van der Waals surface area contributed by atoms with Crippen molar-refractivity contribution in [3.05, 3.63) is 56.5 Å². The van der Waals surface area contributed by atoms with Crippen molar-refractivity contribution in [2.75, 3.05) is 0 Å². The maximum atomic E-state index is 12.6. The number of aliphatic imine (C=N–C) groups is 1. The Balaban J connectivity index is 1.97. The van der Waals surface area contributed by atoms with E-state index in [2.05, 4.69) is 41.8 Å². The van der Waals surface area contributed by atoms with Crippen molar-refractivity contribution in [2.45, 2.75) is 0 Å². The van der Waals surface area contributed by atoms with Gasteiger partial charge in [0.1, 0.15) is 5.71 Å². The first-order valence-electron chi connectivity index (χ1n) is 6.48. The molecular weight excluding hydrogens is 412 g/mol. The number of aromatic nitrogens is 1. The van der Waals surface area contributed by atoms with Gasteiger partial charge in [0.05, 0.1) is 11.3 Å². The number of carbonyl (C=O) groups excluding carboxylic acids is 1. The predicted octanol–water partition coefficient (Wildman–Crippen LogP) is 4.72. The van der Waals surface area contributed by atoms with Gasteiger partial charge in [0.2, 0.25) is 5.78 Å². The van der Waals surface area contributed by atoms with E-state index in [0.29, 0.717) is 16.8 Å². The Morgan fingerprint density at radius 2 is 1.77 bits per heavy atom. The van der Waals surface area contributed by atoms with E-state index in [1.807, 2.05) is 18.2 Å². The number of benzene rings is 2. The van der Waals surface area contributed by atoms with Gasteiger partial charge in [-0.05, 0) is 36.4 Å². The van der Waals surface area contributed by atoms with Crippen LogP contribution in [-0.2, 0) is 0 Å². The van der Waals surface area contributed by atoms with Crippen molar-refractivity contribution in [1.82, 2.24) is 4.98 Å². The van der Waals surface area contributed by atoms with Crippen LogP contribution in [0.2, 0.25) is 0 Å². The summed E-state index contributed by atoms with van der Waals surface area (Å²) < 4.78 is 1.72. The highest BCUT2D eigenvalue weighted by atomic mass is 79.9. The standard InChI is InChI=1S/C16H8Br2N2O2/c17-7-2-4-11-10(5-7)13(16(22)20-11)14-15(21)9-3-1-8(18)6-12(9)19-14/h1-6,20,22H. The van der Waals surface area contributed by atoms with E-state index in [4.69, 9.17) is 0 Å². The molecule has 0 saturated heterocycles. The van der Waals surface area contributed by atoms with Crippen LogP contribution in [0.15, 0.2) is 50.3 Å². The van der Waals surface area contributed by atoms with Crippen molar-refractivity contribution in [3.8, 4) is 5.88 Å². The molecule has 0 bridgehead atoms. The molecule has 1 aliphatic rings. The van der Waals surface area contributed by atoms with Gasteiger partial charge in [0, 0.05) is 25.4 Å². The summed E-state index contributed by atoms with van der Waals surface area (Å²) in [6, 6.07) is 10.9. The molecule has 4 rings (SSSR count). The molecule has 4 nitrogen and oxygen atoms in total. The first kappa shape index (κ1) is 13.7. The summed E-state index contributed by atoms with van der Waals surface area (Å²) in [7, 11) is 0. The van der Waals surface area contributed by atoms with E-state index < -0.39 is 0 Å². The number of rotatable bonds is 1. The van der Waals surface area contributed by atoms with E-state index in [9.17, 15) is 9.90 Å².